The second-order valence-corrected chi connectivity index (χ2v) is 10.0. The second kappa shape index (κ2) is 11.3. The minimum Gasteiger partial charge on any atom is -0.372 e. The van der Waals surface area contributed by atoms with Crippen LogP contribution in [0.15, 0.2) is 59.5 Å². The van der Waals surface area contributed by atoms with Crippen LogP contribution < -0.4 is 10.2 Å². The summed E-state index contributed by atoms with van der Waals surface area (Å²) >= 11 is 6.92. The van der Waals surface area contributed by atoms with Gasteiger partial charge in [-0.25, -0.2) is 0 Å². The van der Waals surface area contributed by atoms with Crippen LogP contribution in [0.5, 0.6) is 0 Å². The number of thioether (sulfide) groups is 1. The smallest absolute Gasteiger partial charge is 0.294 e. The van der Waals surface area contributed by atoms with Crippen molar-refractivity contribution in [2.45, 2.75) is 27.7 Å². The van der Waals surface area contributed by atoms with Crippen LogP contribution in [0.4, 0.5) is 16.2 Å². The van der Waals surface area contributed by atoms with Gasteiger partial charge in [-0.1, -0.05) is 23.7 Å². The monoisotopic (exact) mass is 536 g/mol. The largest absolute Gasteiger partial charge is 0.372 e. The van der Waals surface area contributed by atoms with Crippen molar-refractivity contribution in [3.05, 3.63) is 81.5 Å². The van der Waals surface area contributed by atoms with Gasteiger partial charge >= 0.3 is 0 Å². The molecule has 0 aliphatic carbocycles. The minimum atomic E-state index is -0.497. The average Bonchev–Trinajstić information content (AvgIpc) is 3.30. The second-order valence-electron chi connectivity index (χ2n) is 8.65. The predicted octanol–water partition coefficient (Wildman–Crippen LogP) is 6.27. The summed E-state index contributed by atoms with van der Waals surface area (Å²) in [6, 6.07) is 17.2. The molecule has 0 atom stereocenters. The number of hydrogen-bond acceptors (Lipinski definition) is 5. The zero-order valence-corrected chi connectivity index (χ0v) is 22.8. The zero-order chi connectivity index (χ0) is 26.7. The quantitative estimate of drug-likeness (QED) is 0.343. The van der Waals surface area contributed by atoms with Crippen LogP contribution in [-0.2, 0) is 9.59 Å². The molecule has 37 heavy (non-hydrogen) atoms. The Labute approximate surface area is 226 Å². The number of aromatic nitrogens is 1. The van der Waals surface area contributed by atoms with Gasteiger partial charge in [0.15, 0.2) is 0 Å². The normalized spacial score (nSPS) is 14.5. The number of anilines is 2. The maximum atomic E-state index is 13.0. The molecule has 1 aromatic heterocycles. The van der Waals surface area contributed by atoms with Gasteiger partial charge in [-0.15, -0.1) is 0 Å². The Morgan fingerprint density at radius 3 is 2.38 bits per heavy atom. The van der Waals surface area contributed by atoms with Crippen LogP contribution in [-0.4, -0.2) is 46.2 Å². The molecule has 0 bridgehead atoms. The number of rotatable bonds is 8. The van der Waals surface area contributed by atoms with E-state index in [0.29, 0.717) is 10.7 Å². The fraction of sp³-hybridized carbons (Fsp3) is 0.250. The topological polar surface area (TPSA) is 74.7 Å². The van der Waals surface area contributed by atoms with Gasteiger partial charge in [0, 0.05) is 35.9 Å². The molecule has 9 heteroatoms. The van der Waals surface area contributed by atoms with Crippen molar-refractivity contribution < 1.29 is 14.4 Å². The van der Waals surface area contributed by atoms with Crippen molar-refractivity contribution in [2.24, 2.45) is 0 Å². The Morgan fingerprint density at radius 1 is 1.05 bits per heavy atom. The molecule has 1 aliphatic heterocycles. The van der Waals surface area contributed by atoms with E-state index in [-0.39, 0.29) is 11.4 Å². The highest BCUT2D eigenvalue weighted by atomic mass is 35.5. The first kappa shape index (κ1) is 26.6. The first-order chi connectivity index (χ1) is 17.7. The van der Waals surface area contributed by atoms with E-state index in [1.54, 1.807) is 30.3 Å². The zero-order valence-electron chi connectivity index (χ0n) is 21.2. The molecule has 0 spiro atoms. The number of para-hydroxylation sites is 1. The SMILES string of the molecule is CCN(CC)c1ccc(-n2c(C)cc(/C=C3/SC(=O)N(CC(=O)Nc4ccccc4Cl)C3=O)c2C)cc1. The minimum absolute atomic E-state index is 0.285. The number of imide groups is 1. The third-order valence-corrected chi connectivity index (χ3v) is 7.55. The molecule has 1 fully saturated rings. The molecular weight excluding hydrogens is 508 g/mol. The number of carbonyl (C=O) groups excluding carboxylic acids is 3. The summed E-state index contributed by atoms with van der Waals surface area (Å²) in [5, 5.41) is 2.54. The van der Waals surface area contributed by atoms with Crippen LogP contribution >= 0.6 is 23.4 Å². The van der Waals surface area contributed by atoms with E-state index in [1.807, 2.05) is 19.9 Å². The van der Waals surface area contributed by atoms with E-state index in [9.17, 15) is 14.4 Å². The van der Waals surface area contributed by atoms with Gasteiger partial charge in [0.25, 0.3) is 11.1 Å². The van der Waals surface area contributed by atoms with Crippen molar-refractivity contribution in [1.82, 2.24) is 9.47 Å². The Balaban J connectivity index is 1.52. The highest BCUT2D eigenvalue weighted by Gasteiger charge is 2.36. The Kier molecular flexibility index (Phi) is 8.10. The standard InChI is InChI=1S/C28H29ClN4O3S/c1-5-31(6-2)21-11-13-22(14-12-21)33-18(3)15-20(19(33)4)16-25-27(35)32(28(36)37-25)17-26(34)30-24-10-8-7-9-23(24)29/h7-16H,5-6,17H2,1-4H3,(H,30,34)/b25-16+. The van der Waals surface area contributed by atoms with Crippen LogP contribution in [0.3, 0.4) is 0 Å². The maximum Gasteiger partial charge on any atom is 0.294 e. The number of nitrogens with zero attached hydrogens (tertiary/aromatic N) is 3. The molecule has 3 aromatic rings. The third kappa shape index (κ3) is 5.60. The first-order valence-electron chi connectivity index (χ1n) is 12.1. The van der Waals surface area contributed by atoms with Gasteiger partial charge in [0.2, 0.25) is 5.91 Å². The average molecular weight is 537 g/mol. The van der Waals surface area contributed by atoms with Gasteiger partial charge < -0.3 is 14.8 Å². The fourth-order valence-electron chi connectivity index (χ4n) is 4.41. The molecule has 7 nitrogen and oxygen atoms in total. The van der Waals surface area contributed by atoms with Gasteiger partial charge in [0.05, 0.1) is 15.6 Å². The Hall–Kier alpha value is -3.49. The molecular formula is C28H29ClN4O3S. The summed E-state index contributed by atoms with van der Waals surface area (Å²) in [5.74, 6) is -0.985. The lowest BCUT2D eigenvalue weighted by Gasteiger charge is -2.21. The lowest BCUT2D eigenvalue weighted by Crippen LogP contribution is -2.36. The van der Waals surface area contributed by atoms with Crippen LogP contribution in [0.25, 0.3) is 11.8 Å². The van der Waals surface area contributed by atoms with Crippen molar-refractivity contribution in [2.75, 3.05) is 29.9 Å². The highest BCUT2D eigenvalue weighted by Crippen LogP contribution is 2.34. The summed E-state index contributed by atoms with van der Waals surface area (Å²) < 4.78 is 2.12. The molecule has 4 rings (SSSR count). The van der Waals surface area contributed by atoms with Crippen LogP contribution in [0, 0.1) is 13.8 Å². The lowest BCUT2D eigenvalue weighted by molar-refractivity contribution is -0.127. The van der Waals surface area contributed by atoms with E-state index in [4.69, 9.17) is 11.6 Å². The van der Waals surface area contributed by atoms with E-state index < -0.39 is 17.1 Å². The van der Waals surface area contributed by atoms with Crippen molar-refractivity contribution >= 4 is 57.9 Å². The fourth-order valence-corrected chi connectivity index (χ4v) is 5.42. The summed E-state index contributed by atoms with van der Waals surface area (Å²) in [6.45, 7) is 9.77. The molecule has 2 aromatic carbocycles. The molecule has 2 heterocycles. The molecule has 0 radical (unpaired) electrons. The Morgan fingerprint density at radius 2 is 1.73 bits per heavy atom. The maximum absolute atomic E-state index is 13.0. The summed E-state index contributed by atoms with van der Waals surface area (Å²) in [4.78, 5) is 41.6. The predicted molar refractivity (Wildman–Crippen MR) is 152 cm³/mol. The van der Waals surface area contributed by atoms with Crippen LogP contribution in [0.2, 0.25) is 5.02 Å². The summed E-state index contributed by atoms with van der Waals surface area (Å²) in [7, 11) is 0. The number of hydrogen-bond donors (Lipinski definition) is 1. The van der Waals surface area contributed by atoms with Gasteiger partial charge in [0.1, 0.15) is 6.54 Å². The number of carbonyl (C=O) groups is 3. The van der Waals surface area contributed by atoms with E-state index in [0.717, 1.165) is 52.4 Å². The van der Waals surface area contributed by atoms with Crippen molar-refractivity contribution in [1.29, 1.82) is 0 Å². The van der Waals surface area contributed by atoms with Gasteiger partial charge in [-0.05, 0) is 93.6 Å². The Bertz CT molecular complexity index is 1380. The van der Waals surface area contributed by atoms with Gasteiger partial charge in [-0.3, -0.25) is 19.3 Å². The molecule has 0 saturated carbocycles. The summed E-state index contributed by atoms with van der Waals surface area (Å²) in [5.41, 5.74) is 5.43. The molecule has 1 aliphatic rings. The molecule has 192 valence electrons. The van der Waals surface area contributed by atoms with E-state index in [1.165, 1.54) is 5.69 Å². The number of amides is 3. The number of nitrogens with one attached hydrogen (secondary N) is 1. The van der Waals surface area contributed by atoms with Crippen molar-refractivity contribution in [3.63, 3.8) is 0 Å². The molecule has 1 saturated heterocycles. The van der Waals surface area contributed by atoms with Gasteiger partial charge in [-0.2, -0.15) is 0 Å². The van der Waals surface area contributed by atoms with Crippen LogP contribution in [0.1, 0.15) is 30.8 Å². The third-order valence-electron chi connectivity index (χ3n) is 6.32. The molecule has 0 unspecified atom stereocenters. The summed E-state index contributed by atoms with van der Waals surface area (Å²) in [6.07, 6.45) is 1.72. The number of aryl methyl sites for hydroxylation is 1. The van der Waals surface area contributed by atoms with Crippen molar-refractivity contribution in [3.8, 4) is 5.69 Å². The lowest BCUT2D eigenvalue weighted by atomic mass is 10.2. The number of benzene rings is 2. The molecule has 3 amide bonds. The molecule has 1 N–H and O–H groups in total. The number of halogens is 1. The van der Waals surface area contributed by atoms with E-state index in [2.05, 4.69) is 52.9 Å². The van der Waals surface area contributed by atoms with E-state index >= 15 is 0 Å². The first-order valence-corrected chi connectivity index (χ1v) is 13.3. The highest BCUT2D eigenvalue weighted by molar-refractivity contribution is 8.18.